The summed E-state index contributed by atoms with van der Waals surface area (Å²) in [5.41, 5.74) is 2.41. The zero-order chi connectivity index (χ0) is 18.5. The Bertz CT molecular complexity index is 921. The molecule has 27 heavy (non-hydrogen) atoms. The normalized spacial score (nSPS) is 15.0. The lowest BCUT2D eigenvalue weighted by atomic mass is 10.0. The van der Waals surface area contributed by atoms with Gasteiger partial charge in [-0.1, -0.05) is 54.6 Å². The van der Waals surface area contributed by atoms with Gasteiger partial charge in [-0.2, -0.15) is 0 Å². The summed E-state index contributed by atoms with van der Waals surface area (Å²) < 4.78 is 10.9. The predicted molar refractivity (Wildman–Crippen MR) is 105 cm³/mol. The van der Waals surface area contributed by atoms with Crippen molar-refractivity contribution in [3.8, 4) is 11.3 Å². The van der Waals surface area contributed by atoms with Gasteiger partial charge in [0.15, 0.2) is 0 Å². The van der Waals surface area contributed by atoms with Crippen molar-refractivity contribution >= 4 is 16.7 Å². The van der Waals surface area contributed by atoms with Crippen molar-refractivity contribution in [1.82, 2.24) is 9.88 Å². The van der Waals surface area contributed by atoms with Crippen molar-refractivity contribution in [3.05, 3.63) is 66.4 Å². The molecular weight excluding hydrogens is 340 g/mol. The zero-order valence-electron chi connectivity index (χ0n) is 15.1. The van der Waals surface area contributed by atoms with Crippen LogP contribution in [0.5, 0.6) is 0 Å². The van der Waals surface area contributed by atoms with Crippen molar-refractivity contribution in [2.45, 2.75) is 0 Å². The average molecular weight is 362 g/mol. The first-order valence-electron chi connectivity index (χ1n) is 9.23. The summed E-state index contributed by atoms with van der Waals surface area (Å²) in [6, 6.07) is 17.8. The van der Waals surface area contributed by atoms with Crippen molar-refractivity contribution in [1.29, 1.82) is 0 Å². The minimum Gasteiger partial charge on any atom is -0.461 e. The molecule has 0 bridgehead atoms. The topological polar surface area (TPSA) is 51.7 Å². The van der Waals surface area contributed by atoms with Crippen LogP contribution in [0.25, 0.3) is 22.0 Å². The lowest BCUT2D eigenvalue weighted by Gasteiger charge is -2.26. The number of pyridine rings is 1. The minimum atomic E-state index is -0.327. The first kappa shape index (κ1) is 17.6. The number of ether oxygens (including phenoxy) is 2. The number of nitrogens with zero attached hydrogens (tertiary/aromatic N) is 2. The van der Waals surface area contributed by atoms with Crippen LogP contribution in [0.4, 0.5) is 0 Å². The zero-order valence-corrected chi connectivity index (χ0v) is 15.1. The Morgan fingerprint density at radius 1 is 1.00 bits per heavy atom. The van der Waals surface area contributed by atoms with Gasteiger partial charge in [-0.15, -0.1) is 0 Å². The van der Waals surface area contributed by atoms with Crippen molar-refractivity contribution in [2.75, 3.05) is 39.5 Å². The molecule has 1 aliphatic heterocycles. The highest BCUT2D eigenvalue weighted by molar-refractivity contribution is 6.07. The van der Waals surface area contributed by atoms with Crippen LogP contribution in [0.15, 0.2) is 60.8 Å². The number of hydrogen-bond acceptors (Lipinski definition) is 5. The van der Waals surface area contributed by atoms with Gasteiger partial charge < -0.3 is 9.47 Å². The van der Waals surface area contributed by atoms with E-state index in [4.69, 9.17) is 9.47 Å². The predicted octanol–water partition coefficient (Wildman–Crippen LogP) is 3.39. The van der Waals surface area contributed by atoms with Gasteiger partial charge in [0, 0.05) is 36.8 Å². The third-order valence-electron chi connectivity index (χ3n) is 4.81. The van der Waals surface area contributed by atoms with Gasteiger partial charge in [0.25, 0.3) is 0 Å². The molecule has 0 radical (unpaired) electrons. The smallest absolute Gasteiger partial charge is 0.340 e. The number of morpholine rings is 1. The molecule has 138 valence electrons. The van der Waals surface area contributed by atoms with Crippen LogP contribution in [0.2, 0.25) is 0 Å². The van der Waals surface area contributed by atoms with Gasteiger partial charge in [0.1, 0.15) is 6.61 Å². The molecule has 1 aliphatic rings. The van der Waals surface area contributed by atoms with E-state index in [1.54, 1.807) is 6.20 Å². The van der Waals surface area contributed by atoms with Gasteiger partial charge in [-0.25, -0.2) is 4.79 Å². The summed E-state index contributed by atoms with van der Waals surface area (Å²) in [7, 11) is 0. The molecule has 0 amide bonds. The Balaban J connectivity index is 1.54. The Morgan fingerprint density at radius 3 is 2.48 bits per heavy atom. The number of carbonyl (C=O) groups excluding carboxylic acids is 1. The van der Waals surface area contributed by atoms with Crippen LogP contribution in [0.1, 0.15) is 10.4 Å². The Labute approximate surface area is 158 Å². The molecule has 0 atom stereocenters. The fourth-order valence-corrected chi connectivity index (χ4v) is 3.35. The van der Waals surface area contributed by atoms with E-state index in [9.17, 15) is 4.79 Å². The molecule has 1 saturated heterocycles. The van der Waals surface area contributed by atoms with E-state index in [-0.39, 0.29) is 5.97 Å². The summed E-state index contributed by atoms with van der Waals surface area (Å²) in [5, 5.41) is 1.81. The maximum Gasteiger partial charge on any atom is 0.340 e. The van der Waals surface area contributed by atoms with Crippen LogP contribution in [0.3, 0.4) is 0 Å². The second-order valence-corrected chi connectivity index (χ2v) is 6.52. The molecule has 2 aromatic carbocycles. The average Bonchev–Trinajstić information content (AvgIpc) is 2.74. The Kier molecular flexibility index (Phi) is 5.42. The number of rotatable bonds is 5. The number of esters is 1. The molecule has 0 spiro atoms. The largest absolute Gasteiger partial charge is 0.461 e. The number of carbonyl (C=O) groups is 1. The summed E-state index contributed by atoms with van der Waals surface area (Å²) >= 11 is 0. The highest BCUT2D eigenvalue weighted by Crippen LogP contribution is 2.28. The van der Waals surface area contributed by atoms with Crippen molar-refractivity contribution < 1.29 is 14.3 Å². The van der Waals surface area contributed by atoms with E-state index in [1.807, 2.05) is 54.6 Å². The minimum absolute atomic E-state index is 0.327. The number of aromatic nitrogens is 1. The monoisotopic (exact) mass is 362 g/mol. The highest BCUT2D eigenvalue weighted by atomic mass is 16.5. The van der Waals surface area contributed by atoms with E-state index in [0.29, 0.717) is 12.2 Å². The Morgan fingerprint density at radius 2 is 1.70 bits per heavy atom. The van der Waals surface area contributed by atoms with E-state index in [2.05, 4.69) is 9.88 Å². The fourth-order valence-electron chi connectivity index (χ4n) is 3.35. The Hall–Kier alpha value is -2.76. The van der Waals surface area contributed by atoms with Crippen molar-refractivity contribution in [3.63, 3.8) is 0 Å². The quantitative estimate of drug-likeness (QED) is 0.651. The molecule has 5 heteroatoms. The number of benzene rings is 2. The highest BCUT2D eigenvalue weighted by Gasteiger charge is 2.16. The second-order valence-electron chi connectivity index (χ2n) is 6.52. The third kappa shape index (κ3) is 3.99. The molecule has 2 heterocycles. The van der Waals surface area contributed by atoms with Crippen LogP contribution in [-0.4, -0.2) is 55.3 Å². The van der Waals surface area contributed by atoms with Gasteiger partial charge in [0.2, 0.25) is 0 Å². The molecule has 0 aliphatic carbocycles. The number of fused-ring (bicyclic) bond motifs is 1. The molecule has 1 aromatic heterocycles. The maximum atomic E-state index is 12.6. The summed E-state index contributed by atoms with van der Waals surface area (Å²) in [6.07, 6.45) is 1.63. The molecule has 0 unspecified atom stereocenters. The van der Waals surface area contributed by atoms with Crippen LogP contribution in [-0.2, 0) is 9.47 Å². The molecular formula is C22H22N2O3. The molecule has 1 fully saturated rings. The van der Waals surface area contributed by atoms with Crippen LogP contribution >= 0.6 is 0 Å². The second kappa shape index (κ2) is 8.29. The lowest BCUT2D eigenvalue weighted by Crippen LogP contribution is -2.38. The first-order valence-corrected chi connectivity index (χ1v) is 9.23. The van der Waals surface area contributed by atoms with Gasteiger partial charge >= 0.3 is 5.97 Å². The SMILES string of the molecule is O=C(OCCN1CCOCC1)c1cnc(-c2ccccc2)c2ccccc12. The molecule has 0 N–H and O–H groups in total. The standard InChI is InChI=1S/C22H22N2O3/c25-22(27-15-12-24-10-13-26-14-11-24)20-16-23-21(17-6-2-1-3-7-17)19-9-5-4-8-18(19)20/h1-9,16H,10-15H2. The fraction of sp³-hybridized carbons (Fsp3) is 0.273. The van der Waals surface area contributed by atoms with E-state index >= 15 is 0 Å². The van der Waals surface area contributed by atoms with Crippen LogP contribution < -0.4 is 0 Å². The summed E-state index contributed by atoms with van der Waals surface area (Å²) in [5.74, 6) is -0.327. The summed E-state index contributed by atoms with van der Waals surface area (Å²) in [6.45, 7) is 4.34. The van der Waals surface area contributed by atoms with E-state index in [0.717, 1.165) is 54.9 Å². The van der Waals surface area contributed by atoms with Crippen molar-refractivity contribution in [2.24, 2.45) is 0 Å². The van der Waals surface area contributed by atoms with Gasteiger partial charge in [-0.3, -0.25) is 9.88 Å². The van der Waals surface area contributed by atoms with Gasteiger partial charge in [-0.05, 0) is 5.39 Å². The van der Waals surface area contributed by atoms with Gasteiger partial charge in [0.05, 0.1) is 24.5 Å². The van der Waals surface area contributed by atoms with E-state index in [1.165, 1.54) is 0 Å². The molecule has 4 rings (SSSR count). The maximum absolute atomic E-state index is 12.6. The lowest BCUT2D eigenvalue weighted by molar-refractivity contribution is 0.0196. The summed E-state index contributed by atoms with van der Waals surface area (Å²) in [4.78, 5) is 19.5. The molecule has 3 aromatic rings. The van der Waals surface area contributed by atoms with Crippen LogP contribution in [0, 0.1) is 0 Å². The molecule has 0 saturated carbocycles. The first-order chi connectivity index (χ1) is 13.3. The van der Waals surface area contributed by atoms with E-state index < -0.39 is 0 Å². The molecule has 5 nitrogen and oxygen atoms in total. The number of hydrogen-bond donors (Lipinski definition) is 0. The third-order valence-corrected chi connectivity index (χ3v) is 4.81.